The number of unbranched alkanes of at least 4 members (excludes halogenated alkanes) is 5. The first-order chi connectivity index (χ1) is 13.1. The van der Waals surface area contributed by atoms with E-state index in [0.717, 1.165) is 38.5 Å². The number of nitrogens with one attached hydrogen (secondary N) is 1. The van der Waals surface area contributed by atoms with E-state index in [1.165, 1.54) is 23.3 Å². The minimum Gasteiger partial charge on any atom is -0.373 e. The van der Waals surface area contributed by atoms with Gasteiger partial charge in [0.2, 0.25) is 0 Å². The van der Waals surface area contributed by atoms with E-state index in [0.29, 0.717) is 13.2 Å². The first-order valence-corrected chi connectivity index (χ1v) is 9.98. The summed E-state index contributed by atoms with van der Waals surface area (Å²) in [5, 5.41) is 0. The molecular formula is C19H33N3O5. The van der Waals surface area contributed by atoms with Crippen molar-refractivity contribution >= 4 is 0 Å². The van der Waals surface area contributed by atoms with Crippen LogP contribution >= 0.6 is 0 Å². The van der Waals surface area contributed by atoms with Crippen LogP contribution in [0.1, 0.15) is 65.0 Å². The number of nitrogens with zero attached hydrogens (tertiary/aromatic N) is 1. The average molecular weight is 383 g/mol. The Morgan fingerprint density at radius 1 is 1.15 bits per heavy atom. The SMILES string of the molecule is CC[C@H]1O[C@@H](n2ccc(=O)[nH]c2=O)[C@@H](OCCCCCCCCON)C1C. The predicted octanol–water partition coefficient (Wildman–Crippen LogP) is 2.10. The van der Waals surface area contributed by atoms with Gasteiger partial charge in [-0.25, -0.2) is 10.7 Å². The lowest BCUT2D eigenvalue weighted by Gasteiger charge is -2.23. The monoisotopic (exact) mass is 383 g/mol. The molecule has 0 aliphatic carbocycles. The number of aromatic amines is 1. The zero-order valence-electron chi connectivity index (χ0n) is 16.4. The van der Waals surface area contributed by atoms with E-state index in [1.54, 1.807) is 0 Å². The molecular weight excluding hydrogens is 350 g/mol. The highest BCUT2D eigenvalue weighted by Gasteiger charge is 2.43. The molecule has 27 heavy (non-hydrogen) atoms. The van der Waals surface area contributed by atoms with E-state index in [1.807, 2.05) is 0 Å². The molecule has 1 aliphatic heterocycles. The lowest BCUT2D eigenvalue weighted by atomic mass is 9.98. The topological polar surface area (TPSA) is 109 Å². The van der Waals surface area contributed by atoms with E-state index in [2.05, 4.69) is 23.7 Å². The molecule has 8 nitrogen and oxygen atoms in total. The highest BCUT2D eigenvalue weighted by Crippen LogP contribution is 2.36. The van der Waals surface area contributed by atoms with Crippen LogP contribution in [-0.4, -0.2) is 35.0 Å². The summed E-state index contributed by atoms with van der Waals surface area (Å²) in [6.45, 7) is 5.41. The van der Waals surface area contributed by atoms with E-state index in [4.69, 9.17) is 15.4 Å². The van der Waals surface area contributed by atoms with Gasteiger partial charge in [0, 0.05) is 24.8 Å². The molecule has 1 unspecified atom stereocenters. The Bertz CT molecular complexity index is 659. The van der Waals surface area contributed by atoms with Crippen LogP contribution in [0.4, 0.5) is 0 Å². The number of hydrogen-bond acceptors (Lipinski definition) is 6. The van der Waals surface area contributed by atoms with Crippen LogP contribution < -0.4 is 17.1 Å². The Morgan fingerprint density at radius 3 is 2.44 bits per heavy atom. The summed E-state index contributed by atoms with van der Waals surface area (Å²) >= 11 is 0. The van der Waals surface area contributed by atoms with Crippen LogP contribution in [0.3, 0.4) is 0 Å². The van der Waals surface area contributed by atoms with E-state index >= 15 is 0 Å². The second-order valence-corrected chi connectivity index (χ2v) is 7.18. The largest absolute Gasteiger partial charge is 0.373 e. The molecule has 0 spiro atoms. The minimum atomic E-state index is -0.509. The van der Waals surface area contributed by atoms with Gasteiger partial charge in [0.15, 0.2) is 6.23 Å². The first kappa shape index (κ1) is 21.8. The molecule has 1 fully saturated rings. The Balaban J connectivity index is 1.84. The highest BCUT2D eigenvalue weighted by atomic mass is 16.6. The summed E-state index contributed by atoms with van der Waals surface area (Å²) in [5.74, 6) is 5.18. The smallest absolute Gasteiger partial charge is 0.330 e. The molecule has 0 amide bonds. The number of hydrogen-bond donors (Lipinski definition) is 2. The van der Waals surface area contributed by atoms with Crippen LogP contribution in [0.25, 0.3) is 0 Å². The van der Waals surface area contributed by atoms with Gasteiger partial charge in [-0.1, -0.05) is 39.5 Å². The van der Waals surface area contributed by atoms with Crippen molar-refractivity contribution < 1.29 is 14.3 Å². The van der Waals surface area contributed by atoms with Crippen LogP contribution in [0, 0.1) is 5.92 Å². The first-order valence-electron chi connectivity index (χ1n) is 9.98. The molecule has 8 heteroatoms. The Kier molecular flexibility index (Phi) is 9.20. The van der Waals surface area contributed by atoms with Gasteiger partial charge in [0.05, 0.1) is 12.7 Å². The molecule has 2 heterocycles. The second-order valence-electron chi connectivity index (χ2n) is 7.18. The summed E-state index contributed by atoms with van der Waals surface area (Å²) in [4.78, 5) is 30.3. The van der Waals surface area contributed by atoms with Crippen molar-refractivity contribution in [2.75, 3.05) is 13.2 Å². The van der Waals surface area contributed by atoms with Gasteiger partial charge in [0.25, 0.3) is 5.56 Å². The molecule has 3 N–H and O–H groups in total. The maximum atomic E-state index is 12.2. The van der Waals surface area contributed by atoms with E-state index < -0.39 is 17.5 Å². The van der Waals surface area contributed by atoms with E-state index in [9.17, 15) is 9.59 Å². The number of aromatic nitrogens is 2. The van der Waals surface area contributed by atoms with Gasteiger partial charge in [-0.15, -0.1) is 0 Å². The zero-order valence-corrected chi connectivity index (χ0v) is 16.4. The Morgan fingerprint density at radius 2 is 1.81 bits per heavy atom. The van der Waals surface area contributed by atoms with Gasteiger partial charge in [-0.2, -0.15) is 0 Å². The molecule has 1 aromatic rings. The lowest BCUT2D eigenvalue weighted by molar-refractivity contribution is -0.0672. The van der Waals surface area contributed by atoms with Gasteiger partial charge >= 0.3 is 5.69 Å². The Labute approximate surface area is 160 Å². The van der Waals surface area contributed by atoms with Crippen molar-refractivity contribution in [1.29, 1.82) is 0 Å². The molecule has 0 aromatic carbocycles. The number of H-pyrrole nitrogens is 1. The lowest BCUT2D eigenvalue weighted by Crippen LogP contribution is -2.37. The second kappa shape index (κ2) is 11.4. The predicted molar refractivity (Wildman–Crippen MR) is 102 cm³/mol. The third kappa shape index (κ3) is 6.27. The summed E-state index contributed by atoms with van der Waals surface area (Å²) in [5.41, 5.74) is -0.878. The third-order valence-electron chi connectivity index (χ3n) is 5.19. The highest BCUT2D eigenvalue weighted by molar-refractivity contribution is 4.92. The molecule has 2 rings (SSSR count). The fourth-order valence-electron chi connectivity index (χ4n) is 3.62. The summed E-state index contributed by atoms with van der Waals surface area (Å²) in [6, 6.07) is 1.33. The molecule has 0 saturated carbocycles. The van der Waals surface area contributed by atoms with Gasteiger partial charge in [-0.3, -0.25) is 14.3 Å². The molecule has 154 valence electrons. The standard InChI is InChI=1S/C19H33N3O5/c1-3-15-14(2)17(25-12-8-6-4-5-7-9-13-26-20)18(27-15)22-11-10-16(23)21-19(22)24/h10-11,14-15,17-18H,3-9,12-13,20H2,1-2H3,(H,21,23,24)/t14?,15-,17+,18-/m1/s1. The van der Waals surface area contributed by atoms with Crippen LogP contribution in [0.5, 0.6) is 0 Å². The fourth-order valence-corrected chi connectivity index (χ4v) is 3.62. The van der Waals surface area contributed by atoms with E-state index in [-0.39, 0.29) is 18.1 Å². The summed E-state index contributed by atoms with van der Waals surface area (Å²) < 4.78 is 13.6. The fraction of sp³-hybridized carbons (Fsp3) is 0.789. The van der Waals surface area contributed by atoms with Gasteiger partial charge in [-0.05, 0) is 19.3 Å². The number of ether oxygens (including phenoxy) is 2. The van der Waals surface area contributed by atoms with Crippen molar-refractivity contribution in [3.05, 3.63) is 33.1 Å². The van der Waals surface area contributed by atoms with Crippen molar-refractivity contribution in [2.24, 2.45) is 11.8 Å². The van der Waals surface area contributed by atoms with Gasteiger partial charge in [0.1, 0.15) is 6.10 Å². The van der Waals surface area contributed by atoms with Crippen molar-refractivity contribution in [3.63, 3.8) is 0 Å². The number of nitrogens with two attached hydrogens (primary N) is 1. The van der Waals surface area contributed by atoms with Crippen LogP contribution in [-0.2, 0) is 14.3 Å². The van der Waals surface area contributed by atoms with Gasteiger partial charge < -0.3 is 14.3 Å². The molecule has 1 aromatic heterocycles. The molecule has 0 bridgehead atoms. The van der Waals surface area contributed by atoms with Crippen molar-refractivity contribution in [1.82, 2.24) is 9.55 Å². The normalized spacial score (nSPS) is 25.1. The van der Waals surface area contributed by atoms with Crippen molar-refractivity contribution in [2.45, 2.75) is 77.2 Å². The third-order valence-corrected chi connectivity index (χ3v) is 5.19. The van der Waals surface area contributed by atoms with Crippen molar-refractivity contribution in [3.8, 4) is 0 Å². The van der Waals surface area contributed by atoms with Crippen LogP contribution in [0.15, 0.2) is 21.9 Å². The minimum absolute atomic E-state index is 0.0311. The maximum Gasteiger partial charge on any atom is 0.330 e. The number of rotatable bonds is 12. The molecule has 0 radical (unpaired) electrons. The zero-order chi connectivity index (χ0) is 19.6. The molecule has 4 atom stereocenters. The maximum absolute atomic E-state index is 12.2. The average Bonchev–Trinajstić information content (AvgIpc) is 2.96. The Hall–Kier alpha value is -1.48. The van der Waals surface area contributed by atoms with Crippen LogP contribution in [0.2, 0.25) is 0 Å². The molecule has 1 aliphatic rings. The summed E-state index contributed by atoms with van der Waals surface area (Å²) in [6.07, 6.45) is 8.17. The molecule has 1 saturated heterocycles. The summed E-state index contributed by atoms with van der Waals surface area (Å²) in [7, 11) is 0. The quantitative estimate of drug-likeness (QED) is 0.423.